The Bertz CT molecular complexity index is 1080. The van der Waals surface area contributed by atoms with Gasteiger partial charge in [-0.2, -0.15) is 0 Å². The largest absolute Gasteiger partial charge is 0.334 e. The van der Waals surface area contributed by atoms with Crippen LogP contribution in [0.15, 0.2) is 65.1 Å². The van der Waals surface area contributed by atoms with Crippen molar-refractivity contribution in [3.05, 3.63) is 71.3 Å². The van der Waals surface area contributed by atoms with Gasteiger partial charge in [-0.25, -0.2) is 13.9 Å². The molecule has 31 heavy (non-hydrogen) atoms. The maximum absolute atomic E-state index is 12.6. The van der Waals surface area contributed by atoms with Gasteiger partial charge < -0.3 is 4.90 Å². The van der Waals surface area contributed by atoms with Crippen molar-refractivity contribution in [2.75, 3.05) is 11.3 Å². The molecule has 0 saturated carbocycles. The Morgan fingerprint density at radius 3 is 2.42 bits per heavy atom. The average Bonchev–Trinajstić information content (AvgIpc) is 2.75. The van der Waals surface area contributed by atoms with Crippen LogP contribution >= 0.6 is 0 Å². The van der Waals surface area contributed by atoms with Gasteiger partial charge in [-0.05, 0) is 49.6 Å². The van der Waals surface area contributed by atoms with Gasteiger partial charge in [-0.15, -0.1) is 0 Å². The second kappa shape index (κ2) is 9.76. The molecule has 0 spiro atoms. The van der Waals surface area contributed by atoms with Crippen LogP contribution in [0, 0.1) is 6.92 Å². The minimum atomic E-state index is -3.67. The molecular formula is C22H25N3O5S. The zero-order valence-corrected chi connectivity index (χ0v) is 18.0. The number of aryl methyl sites for hydroxylation is 1. The fourth-order valence-electron chi connectivity index (χ4n) is 3.28. The number of carbonyl (C=O) groups is 2. The van der Waals surface area contributed by atoms with E-state index in [0.717, 1.165) is 11.1 Å². The van der Waals surface area contributed by atoms with Gasteiger partial charge in [-0.3, -0.25) is 19.5 Å². The van der Waals surface area contributed by atoms with Crippen molar-refractivity contribution in [2.45, 2.75) is 37.6 Å². The summed E-state index contributed by atoms with van der Waals surface area (Å²) in [6.45, 7) is 2.84. The van der Waals surface area contributed by atoms with E-state index in [-0.39, 0.29) is 23.6 Å². The molecule has 2 aromatic carbocycles. The van der Waals surface area contributed by atoms with Gasteiger partial charge in [0.1, 0.15) is 0 Å². The van der Waals surface area contributed by atoms with E-state index in [1.54, 1.807) is 58.9 Å². The van der Waals surface area contributed by atoms with Crippen LogP contribution < -0.4 is 10.2 Å². The quantitative estimate of drug-likeness (QED) is 0.429. The normalized spacial score (nSPS) is 14.2. The molecule has 8 nitrogen and oxygen atoms in total. The highest BCUT2D eigenvalue weighted by molar-refractivity contribution is 7.92. The predicted octanol–water partition coefficient (Wildman–Crippen LogP) is 2.74. The fraction of sp³-hybridized carbons (Fsp3) is 0.273. The number of nitrogens with zero attached hydrogens (tertiary/aromatic N) is 1. The summed E-state index contributed by atoms with van der Waals surface area (Å²) < 4.78 is 27.6. The number of hydrogen-bond donors (Lipinski definition) is 3. The molecule has 3 N–H and O–H groups in total. The predicted molar refractivity (Wildman–Crippen MR) is 116 cm³/mol. The van der Waals surface area contributed by atoms with Crippen molar-refractivity contribution in [2.24, 2.45) is 0 Å². The Morgan fingerprint density at radius 1 is 1.10 bits per heavy atom. The van der Waals surface area contributed by atoms with Crippen molar-refractivity contribution in [3.63, 3.8) is 0 Å². The van der Waals surface area contributed by atoms with Crippen LogP contribution in [0.25, 0.3) is 0 Å². The minimum Gasteiger partial charge on any atom is -0.334 e. The number of benzene rings is 2. The van der Waals surface area contributed by atoms with Crippen LogP contribution in [-0.2, 0) is 26.2 Å². The highest BCUT2D eigenvalue weighted by Gasteiger charge is 2.22. The molecule has 0 fully saturated rings. The standard InChI is InChI=1S/C22H25N3O5S/c1-16-4-11-20(12-5-16)31(29,30)24-19-9-6-17(7-10-19)15-25-14-2-3-18(22(25)27)8-13-21(26)23-28/h3-7,9-12,24,28H,2,8,13-15H2,1H3,(H,23,26). The molecule has 2 amide bonds. The third-order valence-corrected chi connectivity index (χ3v) is 6.41. The molecule has 164 valence electrons. The van der Waals surface area contributed by atoms with Crippen LogP contribution in [0.4, 0.5) is 5.69 Å². The van der Waals surface area contributed by atoms with Crippen LogP contribution in [0.1, 0.15) is 30.4 Å². The molecule has 0 radical (unpaired) electrons. The molecule has 0 bridgehead atoms. The molecule has 0 saturated heterocycles. The maximum Gasteiger partial charge on any atom is 0.261 e. The van der Waals surface area contributed by atoms with E-state index in [4.69, 9.17) is 5.21 Å². The molecule has 0 aromatic heterocycles. The van der Waals surface area contributed by atoms with Crippen LogP contribution in [-0.4, -0.2) is 36.9 Å². The number of carbonyl (C=O) groups excluding carboxylic acids is 2. The first-order chi connectivity index (χ1) is 14.8. The Kier molecular flexibility index (Phi) is 7.09. The number of rotatable bonds is 8. The molecule has 1 aliphatic heterocycles. The Hall–Kier alpha value is -3.17. The van der Waals surface area contributed by atoms with Crippen molar-refractivity contribution in [1.82, 2.24) is 10.4 Å². The molecule has 9 heteroatoms. The smallest absolute Gasteiger partial charge is 0.261 e. The van der Waals surface area contributed by atoms with E-state index in [1.807, 2.05) is 13.0 Å². The van der Waals surface area contributed by atoms with E-state index in [2.05, 4.69) is 4.72 Å². The lowest BCUT2D eigenvalue weighted by atomic mass is 10.0. The monoisotopic (exact) mass is 443 g/mol. The van der Waals surface area contributed by atoms with Crippen LogP contribution in [0.2, 0.25) is 0 Å². The van der Waals surface area contributed by atoms with E-state index >= 15 is 0 Å². The number of anilines is 1. The number of hydroxylamine groups is 1. The zero-order valence-electron chi connectivity index (χ0n) is 17.2. The fourth-order valence-corrected chi connectivity index (χ4v) is 4.34. The highest BCUT2D eigenvalue weighted by Crippen LogP contribution is 2.21. The van der Waals surface area contributed by atoms with E-state index in [0.29, 0.717) is 30.8 Å². The van der Waals surface area contributed by atoms with E-state index in [9.17, 15) is 18.0 Å². The average molecular weight is 444 g/mol. The summed E-state index contributed by atoms with van der Waals surface area (Å²) >= 11 is 0. The van der Waals surface area contributed by atoms with Gasteiger partial charge in [0.05, 0.1) is 4.90 Å². The Morgan fingerprint density at radius 2 is 1.77 bits per heavy atom. The van der Waals surface area contributed by atoms with E-state index < -0.39 is 15.9 Å². The number of nitrogens with one attached hydrogen (secondary N) is 2. The molecule has 1 aliphatic rings. The molecule has 2 aromatic rings. The first-order valence-electron chi connectivity index (χ1n) is 9.88. The summed E-state index contributed by atoms with van der Waals surface area (Å²) in [4.78, 5) is 25.7. The minimum absolute atomic E-state index is 0.0394. The first-order valence-corrected chi connectivity index (χ1v) is 11.4. The maximum atomic E-state index is 12.6. The first kappa shape index (κ1) is 22.5. The van der Waals surface area contributed by atoms with Crippen molar-refractivity contribution in [3.8, 4) is 0 Å². The molecule has 0 aliphatic carbocycles. The van der Waals surface area contributed by atoms with Crippen LogP contribution in [0.5, 0.6) is 0 Å². The lowest BCUT2D eigenvalue weighted by Crippen LogP contribution is -2.35. The third-order valence-electron chi connectivity index (χ3n) is 5.01. The van der Waals surface area contributed by atoms with Gasteiger partial charge in [0.25, 0.3) is 10.0 Å². The lowest BCUT2D eigenvalue weighted by molar-refractivity contribution is -0.129. The Balaban J connectivity index is 1.61. The van der Waals surface area contributed by atoms with Crippen molar-refractivity contribution >= 4 is 27.5 Å². The van der Waals surface area contributed by atoms with Gasteiger partial charge >= 0.3 is 0 Å². The summed E-state index contributed by atoms with van der Waals surface area (Å²) in [5.41, 5.74) is 4.39. The van der Waals surface area contributed by atoms with Gasteiger partial charge in [-0.1, -0.05) is 35.9 Å². The van der Waals surface area contributed by atoms with Gasteiger partial charge in [0.15, 0.2) is 0 Å². The molecule has 1 heterocycles. The number of hydrogen-bond acceptors (Lipinski definition) is 5. The summed E-state index contributed by atoms with van der Waals surface area (Å²) in [5, 5.41) is 8.59. The lowest BCUT2D eigenvalue weighted by Gasteiger charge is -2.27. The summed E-state index contributed by atoms with van der Waals surface area (Å²) in [5.74, 6) is -0.671. The molecule has 0 unspecified atom stereocenters. The van der Waals surface area contributed by atoms with Gasteiger partial charge in [0, 0.05) is 30.8 Å². The summed E-state index contributed by atoms with van der Waals surface area (Å²) in [6, 6.07) is 13.5. The highest BCUT2D eigenvalue weighted by atomic mass is 32.2. The second-order valence-corrected chi connectivity index (χ2v) is 9.08. The van der Waals surface area contributed by atoms with Crippen molar-refractivity contribution in [1.29, 1.82) is 0 Å². The summed E-state index contributed by atoms with van der Waals surface area (Å²) in [6.07, 6.45) is 2.82. The molecule has 0 atom stereocenters. The second-order valence-electron chi connectivity index (χ2n) is 7.40. The van der Waals surface area contributed by atoms with Crippen molar-refractivity contribution < 1.29 is 23.2 Å². The van der Waals surface area contributed by atoms with Gasteiger partial charge in [0.2, 0.25) is 11.8 Å². The number of amides is 2. The Labute approximate surface area is 181 Å². The van der Waals surface area contributed by atoms with Crippen LogP contribution in [0.3, 0.4) is 0 Å². The SMILES string of the molecule is Cc1ccc(S(=O)(=O)Nc2ccc(CN3CCC=C(CCC(=O)NO)C3=O)cc2)cc1. The summed E-state index contributed by atoms with van der Waals surface area (Å²) in [7, 11) is -3.67. The van der Waals surface area contributed by atoms with E-state index in [1.165, 1.54) is 0 Å². The molecule has 3 rings (SSSR count). The zero-order chi connectivity index (χ0) is 22.4. The topological polar surface area (TPSA) is 116 Å². The number of sulfonamides is 1. The third kappa shape index (κ3) is 5.93. The molecular weight excluding hydrogens is 418 g/mol.